The van der Waals surface area contributed by atoms with Crippen LogP contribution < -0.4 is 15.0 Å². The maximum Gasteiger partial charge on any atom is 0.322 e. The quantitative estimate of drug-likeness (QED) is 0.943. The molecule has 0 bridgehead atoms. The lowest BCUT2D eigenvalue weighted by molar-refractivity contribution is 0.244. The third kappa shape index (κ3) is 2.64. The highest BCUT2D eigenvalue weighted by Gasteiger charge is 2.30. The Morgan fingerprint density at radius 1 is 1.23 bits per heavy atom. The summed E-state index contributed by atoms with van der Waals surface area (Å²) in [6.07, 6.45) is 0.901. The molecule has 1 heterocycles. The molecule has 4 nitrogen and oxygen atoms in total. The zero-order valence-electron chi connectivity index (χ0n) is 12.9. The third-order valence-electron chi connectivity index (χ3n) is 4.05. The van der Waals surface area contributed by atoms with Crippen LogP contribution in [0.4, 0.5) is 10.5 Å². The molecule has 3 rings (SSSR count). The van der Waals surface area contributed by atoms with Crippen molar-refractivity contribution in [2.75, 3.05) is 12.0 Å². The van der Waals surface area contributed by atoms with Gasteiger partial charge in [-0.1, -0.05) is 36.4 Å². The van der Waals surface area contributed by atoms with Crippen molar-refractivity contribution < 1.29 is 9.53 Å². The van der Waals surface area contributed by atoms with E-state index in [1.54, 1.807) is 7.11 Å². The molecule has 1 aliphatic heterocycles. The van der Waals surface area contributed by atoms with Gasteiger partial charge in [0.15, 0.2) is 0 Å². The van der Waals surface area contributed by atoms with Crippen LogP contribution >= 0.6 is 0 Å². The van der Waals surface area contributed by atoms with E-state index >= 15 is 0 Å². The van der Waals surface area contributed by atoms with Gasteiger partial charge in [-0.3, -0.25) is 4.90 Å². The first-order chi connectivity index (χ1) is 10.7. The monoisotopic (exact) mass is 296 g/mol. The minimum absolute atomic E-state index is 0.0663. The summed E-state index contributed by atoms with van der Waals surface area (Å²) < 4.78 is 5.32. The fourth-order valence-corrected chi connectivity index (χ4v) is 2.98. The van der Waals surface area contributed by atoms with E-state index in [-0.39, 0.29) is 12.1 Å². The van der Waals surface area contributed by atoms with Gasteiger partial charge in [0, 0.05) is 23.8 Å². The number of nitrogens with one attached hydrogen (secondary N) is 1. The number of hydrogen-bond acceptors (Lipinski definition) is 2. The van der Waals surface area contributed by atoms with Crippen molar-refractivity contribution in [3.05, 3.63) is 59.7 Å². The molecule has 22 heavy (non-hydrogen) atoms. The summed E-state index contributed by atoms with van der Waals surface area (Å²) in [5.74, 6) is 0.790. The van der Waals surface area contributed by atoms with Crippen molar-refractivity contribution in [3.63, 3.8) is 0 Å². The normalized spacial score (nSPS) is 16.3. The van der Waals surface area contributed by atoms with E-state index < -0.39 is 0 Å². The average molecular weight is 296 g/mol. The highest BCUT2D eigenvalue weighted by Crippen LogP contribution is 2.31. The van der Waals surface area contributed by atoms with Crippen LogP contribution in [-0.4, -0.2) is 19.2 Å². The van der Waals surface area contributed by atoms with Gasteiger partial charge in [-0.2, -0.15) is 0 Å². The van der Waals surface area contributed by atoms with E-state index in [0.29, 0.717) is 6.54 Å². The summed E-state index contributed by atoms with van der Waals surface area (Å²) in [6.45, 7) is 2.52. The number of carbonyl (C=O) groups is 1. The molecule has 1 unspecified atom stereocenters. The SMILES string of the molecule is COc1ccccc1CNC(=O)N1c2ccccc2CC1C. The predicted molar refractivity (Wildman–Crippen MR) is 87.3 cm³/mol. The molecule has 2 amide bonds. The number of benzene rings is 2. The molecular formula is C18H20N2O2. The van der Waals surface area contributed by atoms with E-state index in [9.17, 15) is 4.79 Å². The average Bonchev–Trinajstić information content (AvgIpc) is 2.88. The molecule has 0 spiro atoms. The van der Waals surface area contributed by atoms with Gasteiger partial charge in [-0.25, -0.2) is 4.79 Å². The van der Waals surface area contributed by atoms with Gasteiger partial charge in [-0.15, -0.1) is 0 Å². The maximum absolute atomic E-state index is 12.6. The lowest BCUT2D eigenvalue weighted by Crippen LogP contribution is -2.43. The van der Waals surface area contributed by atoms with Gasteiger partial charge in [0.05, 0.1) is 7.11 Å². The number of fused-ring (bicyclic) bond motifs is 1. The molecule has 2 aromatic carbocycles. The largest absolute Gasteiger partial charge is 0.496 e. The number of para-hydroxylation sites is 2. The molecule has 0 aliphatic carbocycles. The van der Waals surface area contributed by atoms with E-state index in [4.69, 9.17) is 4.74 Å². The van der Waals surface area contributed by atoms with Crippen LogP contribution in [0.25, 0.3) is 0 Å². The molecule has 4 heteroatoms. The number of nitrogens with zero attached hydrogens (tertiary/aromatic N) is 1. The van der Waals surface area contributed by atoms with Crippen LogP contribution in [0.2, 0.25) is 0 Å². The number of hydrogen-bond donors (Lipinski definition) is 1. The van der Waals surface area contributed by atoms with Crippen molar-refractivity contribution in [1.29, 1.82) is 0 Å². The molecule has 0 saturated carbocycles. The highest BCUT2D eigenvalue weighted by molar-refractivity contribution is 5.94. The van der Waals surface area contributed by atoms with Crippen LogP contribution in [0, 0.1) is 0 Å². The van der Waals surface area contributed by atoms with Crippen LogP contribution in [-0.2, 0) is 13.0 Å². The summed E-state index contributed by atoms with van der Waals surface area (Å²) in [5.41, 5.74) is 3.20. The standard InChI is InChI=1S/C18H20N2O2/c1-13-11-14-7-3-5-9-16(14)20(13)18(21)19-12-15-8-4-6-10-17(15)22-2/h3-10,13H,11-12H2,1-2H3,(H,19,21). The molecule has 1 aliphatic rings. The van der Waals surface area contributed by atoms with Crippen molar-refractivity contribution in [3.8, 4) is 5.75 Å². The van der Waals surface area contributed by atoms with E-state index in [1.807, 2.05) is 47.4 Å². The van der Waals surface area contributed by atoms with Crippen LogP contribution in [0.15, 0.2) is 48.5 Å². The topological polar surface area (TPSA) is 41.6 Å². The Hall–Kier alpha value is -2.49. The van der Waals surface area contributed by atoms with E-state index in [1.165, 1.54) is 5.56 Å². The molecule has 1 atom stereocenters. The Kier molecular flexibility index (Phi) is 4.00. The fraction of sp³-hybridized carbons (Fsp3) is 0.278. The Morgan fingerprint density at radius 2 is 1.95 bits per heavy atom. The van der Waals surface area contributed by atoms with Crippen molar-refractivity contribution in [2.45, 2.75) is 25.9 Å². The summed E-state index contributed by atoms with van der Waals surface area (Å²) in [7, 11) is 1.64. The smallest absolute Gasteiger partial charge is 0.322 e. The Morgan fingerprint density at radius 3 is 2.77 bits per heavy atom. The number of urea groups is 1. The Labute approximate surface area is 130 Å². The molecular weight excluding hydrogens is 276 g/mol. The molecule has 0 fully saturated rings. The van der Waals surface area contributed by atoms with E-state index in [2.05, 4.69) is 18.3 Å². The van der Waals surface area contributed by atoms with Crippen LogP contribution in [0.1, 0.15) is 18.1 Å². The molecule has 114 valence electrons. The summed E-state index contributed by atoms with van der Waals surface area (Å²) in [4.78, 5) is 14.4. The number of amides is 2. The number of anilines is 1. The van der Waals surface area contributed by atoms with Gasteiger partial charge >= 0.3 is 6.03 Å². The first-order valence-corrected chi connectivity index (χ1v) is 7.47. The second-order valence-electron chi connectivity index (χ2n) is 5.52. The lowest BCUT2D eigenvalue weighted by atomic mass is 10.1. The van der Waals surface area contributed by atoms with Gasteiger partial charge in [-0.05, 0) is 31.0 Å². The highest BCUT2D eigenvalue weighted by atomic mass is 16.5. The predicted octanol–water partition coefficient (Wildman–Crippen LogP) is 3.36. The zero-order valence-corrected chi connectivity index (χ0v) is 12.9. The molecule has 0 radical (unpaired) electrons. The number of ether oxygens (including phenoxy) is 1. The molecule has 0 saturated heterocycles. The first-order valence-electron chi connectivity index (χ1n) is 7.47. The first kappa shape index (κ1) is 14.4. The number of rotatable bonds is 3. The van der Waals surface area contributed by atoms with Crippen LogP contribution in [0.3, 0.4) is 0 Å². The van der Waals surface area contributed by atoms with Crippen molar-refractivity contribution >= 4 is 11.7 Å². The van der Waals surface area contributed by atoms with Crippen molar-refractivity contribution in [1.82, 2.24) is 5.32 Å². The minimum atomic E-state index is -0.0663. The Balaban J connectivity index is 1.73. The molecule has 2 aromatic rings. The zero-order chi connectivity index (χ0) is 15.5. The second kappa shape index (κ2) is 6.10. The minimum Gasteiger partial charge on any atom is -0.496 e. The van der Waals surface area contributed by atoms with Gasteiger partial charge < -0.3 is 10.1 Å². The van der Waals surface area contributed by atoms with Crippen LogP contribution in [0.5, 0.6) is 5.75 Å². The lowest BCUT2D eigenvalue weighted by Gasteiger charge is -2.23. The number of carbonyl (C=O) groups excluding carboxylic acids is 1. The maximum atomic E-state index is 12.6. The number of methoxy groups -OCH3 is 1. The van der Waals surface area contributed by atoms with Crippen molar-refractivity contribution in [2.24, 2.45) is 0 Å². The summed E-state index contributed by atoms with van der Waals surface area (Å²) >= 11 is 0. The second-order valence-corrected chi connectivity index (χ2v) is 5.52. The third-order valence-corrected chi connectivity index (χ3v) is 4.05. The summed E-state index contributed by atoms with van der Waals surface area (Å²) in [5, 5.41) is 2.99. The van der Waals surface area contributed by atoms with E-state index in [0.717, 1.165) is 23.4 Å². The Bertz CT molecular complexity index is 684. The van der Waals surface area contributed by atoms with Gasteiger partial charge in [0.25, 0.3) is 0 Å². The fourth-order valence-electron chi connectivity index (χ4n) is 2.98. The molecule has 0 aromatic heterocycles. The van der Waals surface area contributed by atoms with Gasteiger partial charge in [0.1, 0.15) is 5.75 Å². The summed E-state index contributed by atoms with van der Waals surface area (Å²) in [6, 6.07) is 15.9. The van der Waals surface area contributed by atoms with Gasteiger partial charge in [0.2, 0.25) is 0 Å². The molecule has 1 N–H and O–H groups in total.